The number of halogens is 2. The maximum absolute atomic E-state index is 13.1. The predicted molar refractivity (Wildman–Crippen MR) is 108 cm³/mol. The quantitative estimate of drug-likeness (QED) is 0.869. The van der Waals surface area contributed by atoms with Gasteiger partial charge in [-0.1, -0.05) is 32.0 Å². The highest BCUT2D eigenvalue weighted by Gasteiger charge is 2.25. The number of nitrogens with zero attached hydrogens (tertiary/aromatic N) is 2. The lowest BCUT2D eigenvalue weighted by atomic mass is 10.00. The molecule has 138 valence electrons. The maximum Gasteiger partial charge on any atom is 0.254 e. The summed E-state index contributed by atoms with van der Waals surface area (Å²) >= 11 is 0. The van der Waals surface area contributed by atoms with Crippen LogP contribution in [0.1, 0.15) is 48.7 Å². The molecule has 0 aliphatic carbocycles. The zero-order chi connectivity index (χ0) is 16.4. The normalized spacial score (nSPS) is 17.1. The van der Waals surface area contributed by atoms with Crippen molar-refractivity contribution < 1.29 is 4.79 Å². The van der Waals surface area contributed by atoms with Crippen LogP contribution in [0.25, 0.3) is 10.9 Å². The Hall–Kier alpha value is -1.36. The summed E-state index contributed by atoms with van der Waals surface area (Å²) in [6.45, 7) is 5.85. The van der Waals surface area contributed by atoms with Crippen molar-refractivity contribution in [1.82, 2.24) is 15.2 Å². The smallest absolute Gasteiger partial charge is 0.254 e. The van der Waals surface area contributed by atoms with E-state index in [9.17, 15) is 4.79 Å². The van der Waals surface area contributed by atoms with E-state index in [2.05, 4.69) is 19.2 Å². The molecular weight excluding hydrogens is 357 g/mol. The van der Waals surface area contributed by atoms with Crippen LogP contribution in [0.4, 0.5) is 0 Å². The van der Waals surface area contributed by atoms with Gasteiger partial charge in [-0.3, -0.25) is 9.78 Å². The van der Waals surface area contributed by atoms with Crippen LogP contribution in [0, 0.1) is 0 Å². The van der Waals surface area contributed by atoms with E-state index in [4.69, 9.17) is 4.98 Å². The monoisotopic (exact) mass is 383 g/mol. The summed E-state index contributed by atoms with van der Waals surface area (Å²) in [5.74, 6) is 0.433. The third kappa shape index (κ3) is 4.63. The third-order valence-electron chi connectivity index (χ3n) is 4.67. The minimum Gasteiger partial charge on any atom is -0.337 e. The Bertz CT molecular complexity index is 721. The second-order valence-electron chi connectivity index (χ2n) is 6.65. The van der Waals surface area contributed by atoms with Crippen LogP contribution in [0.5, 0.6) is 0 Å². The molecule has 3 rings (SSSR count). The number of hydrogen-bond donors (Lipinski definition) is 1. The molecule has 1 unspecified atom stereocenters. The minimum atomic E-state index is 0. The first-order chi connectivity index (χ1) is 11.1. The molecule has 1 fully saturated rings. The highest BCUT2D eigenvalue weighted by Crippen LogP contribution is 2.24. The van der Waals surface area contributed by atoms with Gasteiger partial charge < -0.3 is 10.2 Å². The van der Waals surface area contributed by atoms with E-state index < -0.39 is 0 Å². The van der Waals surface area contributed by atoms with Crippen LogP contribution >= 0.6 is 24.8 Å². The van der Waals surface area contributed by atoms with Crippen molar-refractivity contribution in [3.8, 4) is 0 Å². The van der Waals surface area contributed by atoms with Gasteiger partial charge in [0.2, 0.25) is 0 Å². The first-order valence-corrected chi connectivity index (χ1v) is 8.46. The molecule has 1 amide bonds. The fraction of sp³-hybridized carbons (Fsp3) is 0.474. The molecule has 1 atom stereocenters. The Kier molecular flexibility index (Phi) is 8.13. The molecule has 2 aromatic rings. The van der Waals surface area contributed by atoms with E-state index in [1.165, 1.54) is 0 Å². The maximum atomic E-state index is 13.1. The number of likely N-dealkylation sites (N-methyl/N-ethyl adjacent to an activating group) is 1. The zero-order valence-electron chi connectivity index (χ0n) is 15.0. The number of hydrogen-bond acceptors (Lipinski definition) is 3. The Morgan fingerprint density at radius 3 is 2.68 bits per heavy atom. The number of nitrogens with one attached hydrogen (secondary N) is 1. The number of amides is 1. The van der Waals surface area contributed by atoms with Gasteiger partial charge in [-0.05, 0) is 37.9 Å². The van der Waals surface area contributed by atoms with Gasteiger partial charge >= 0.3 is 0 Å². The molecule has 1 aromatic heterocycles. The fourth-order valence-corrected chi connectivity index (χ4v) is 3.24. The summed E-state index contributed by atoms with van der Waals surface area (Å²) in [4.78, 5) is 19.8. The van der Waals surface area contributed by atoms with E-state index >= 15 is 0 Å². The number of piperidine rings is 1. The molecule has 1 N–H and O–H groups in total. The molecule has 1 aromatic carbocycles. The summed E-state index contributed by atoms with van der Waals surface area (Å²) in [6, 6.07) is 10.3. The molecule has 4 nitrogen and oxygen atoms in total. The van der Waals surface area contributed by atoms with Crippen molar-refractivity contribution >= 4 is 41.6 Å². The number of carbonyl (C=O) groups excluding carboxylic acids is 1. The summed E-state index contributed by atoms with van der Waals surface area (Å²) in [5, 5.41) is 4.25. The number of pyridine rings is 1. The van der Waals surface area contributed by atoms with Crippen LogP contribution in [-0.2, 0) is 0 Å². The van der Waals surface area contributed by atoms with Crippen LogP contribution in [0.15, 0.2) is 30.3 Å². The summed E-state index contributed by atoms with van der Waals surface area (Å²) < 4.78 is 0. The predicted octanol–water partition coefficient (Wildman–Crippen LogP) is 4.03. The second-order valence-corrected chi connectivity index (χ2v) is 6.65. The van der Waals surface area contributed by atoms with E-state index in [0.29, 0.717) is 12.0 Å². The van der Waals surface area contributed by atoms with E-state index in [1.54, 1.807) is 0 Å². The SMILES string of the molecule is CNC1CCCN(C(=O)c2cc(C(C)C)nc3ccccc23)C1.Cl.Cl. The van der Waals surface area contributed by atoms with Crippen molar-refractivity contribution in [2.75, 3.05) is 20.1 Å². The van der Waals surface area contributed by atoms with Gasteiger partial charge in [-0.2, -0.15) is 0 Å². The molecule has 1 saturated heterocycles. The number of para-hydroxylation sites is 1. The van der Waals surface area contributed by atoms with E-state index in [0.717, 1.165) is 48.1 Å². The van der Waals surface area contributed by atoms with Crippen molar-refractivity contribution in [3.05, 3.63) is 41.6 Å². The van der Waals surface area contributed by atoms with Gasteiger partial charge in [-0.15, -0.1) is 24.8 Å². The molecule has 0 saturated carbocycles. The number of rotatable bonds is 3. The number of benzene rings is 1. The van der Waals surface area contributed by atoms with Crippen molar-refractivity contribution in [2.45, 2.75) is 38.6 Å². The van der Waals surface area contributed by atoms with E-state index in [-0.39, 0.29) is 30.7 Å². The molecule has 1 aliphatic heterocycles. The second kappa shape index (κ2) is 9.37. The molecule has 6 heteroatoms. The van der Waals surface area contributed by atoms with Crippen molar-refractivity contribution in [3.63, 3.8) is 0 Å². The lowest BCUT2D eigenvalue weighted by Gasteiger charge is -2.33. The van der Waals surface area contributed by atoms with Gasteiger partial charge in [0.1, 0.15) is 0 Å². The first-order valence-electron chi connectivity index (χ1n) is 8.46. The lowest BCUT2D eigenvalue weighted by Crippen LogP contribution is -2.47. The summed E-state index contributed by atoms with van der Waals surface area (Å²) in [7, 11) is 1.97. The minimum absolute atomic E-state index is 0. The van der Waals surface area contributed by atoms with E-state index in [1.807, 2.05) is 42.3 Å². The molecule has 2 heterocycles. The summed E-state index contributed by atoms with van der Waals surface area (Å²) in [5.41, 5.74) is 2.68. The van der Waals surface area contributed by atoms with Crippen LogP contribution in [0.3, 0.4) is 0 Å². The lowest BCUT2D eigenvalue weighted by molar-refractivity contribution is 0.0700. The van der Waals surface area contributed by atoms with Gasteiger partial charge in [0.15, 0.2) is 0 Å². The molecule has 25 heavy (non-hydrogen) atoms. The highest BCUT2D eigenvalue weighted by molar-refractivity contribution is 6.06. The number of fused-ring (bicyclic) bond motifs is 1. The first kappa shape index (κ1) is 21.7. The largest absolute Gasteiger partial charge is 0.337 e. The average molecular weight is 384 g/mol. The van der Waals surface area contributed by atoms with Crippen LogP contribution in [0.2, 0.25) is 0 Å². The van der Waals surface area contributed by atoms with Crippen molar-refractivity contribution in [2.24, 2.45) is 0 Å². The van der Waals surface area contributed by atoms with Crippen LogP contribution in [-0.4, -0.2) is 42.0 Å². The number of aromatic nitrogens is 1. The molecule has 0 spiro atoms. The molecule has 0 radical (unpaired) electrons. The summed E-state index contributed by atoms with van der Waals surface area (Å²) in [6.07, 6.45) is 2.19. The van der Waals surface area contributed by atoms with Gasteiger partial charge in [0, 0.05) is 30.2 Å². The Morgan fingerprint density at radius 1 is 1.28 bits per heavy atom. The van der Waals surface area contributed by atoms with Crippen molar-refractivity contribution in [1.29, 1.82) is 0 Å². The van der Waals surface area contributed by atoms with Gasteiger partial charge in [0.25, 0.3) is 5.91 Å². The van der Waals surface area contributed by atoms with Crippen LogP contribution < -0.4 is 5.32 Å². The number of carbonyl (C=O) groups is 1. The Balaban J connectivity index is 0.00000156. The Morgan fingerprint density at radius 2 is 2.00 bits per heavy atom. The standard InChI is InChI=1S/C19H25N3O.2ClH/c1-13(2)18-11-16(15-8-4-5-9-17(15)21-18)19(23)22-10-6-7-14(12-22)20-3;;/h4-5,8-9,11,13-14,20H,6-7,10,12H2,1-3H3;2*1H. The molecule has 0 bridgehead atoms. The average Bonchev–Trinajstić information content (AvgIpc) is 2.60. The van der Waals surface area contributed by atoms with Gasteiger partial charge in [-0.25, -0.2) is 0 Å². The molecular formula is C19H27Cl2N3O. The topological polar surface area (TPSA) is 45.2 Å². The zero-order valence-corrected chi connectivity index (χ0v) is 16.6. The number of likely N-dealkylation sites (tertiary alicyclic amines) is 1. The van der Waals surface area contributed by atoms with Gasteiger partial charge in [0.05, 0.1) is 11.1 Å². The Labute approximate surface area is 162 Å². The highest BCUT2D eigenvalue weighted by atomic mass is 35.5. The molecule has 1 aliphatic rings. The third-order valence-corrected chi connectivity index (χ3v) is 4.67. The fourth-order valence-electron chi connectivity index (χ4n) is 3.24.